The number of amides is 1. The second kappa shape index (κ2) is 6.88. The first-order chi connectivity index (χ1) is 10.1. The van der Waals surface area contributed by atoms with Crippen molar-refractivity contribution >= 4 is 11.6 Å². The molecule has 21 heavy (non-hydrogen) atoms. The molecule has 1 atom stereocenters. The van der Waals surface area contributed by atoms with E-state index in [1.807, 2.05) is 30.5 Å². The van der Waals surface area contributed by atoms with Crippen LogP contribution in [0.15, 0.2) is 48.8 Å². The van der Waals surface area contributed by atoms with Crippen LogP contribution in [0.3, 0.4) is 0 Å². The highest BCUT2D eigenvalue weighted by atomic mass is 16.2. The van der Waals surface area contributed by atoms with E-state index in [0.717, 1.165) is 16.8 Å². The van der Waals surface area contributed by atoms with Gasteiger partial charge >= 0.3 is 0 Å². The van der Waals surface area contributed by atoms with Gasteiger partial charge in [0.2, 0.25) is 5.91 Å². The molecule has 2 aromatic rings. The third kappa shape index (κ3) is 4.31. The molecule has 0 aliphatic rings. The molecule has 1 N–H and O–H groups in total. The Kier molecular flexibility index (Phi) is 4.93. The Morgan fingerprint density at radius 2 is 2.14 bits per heavy atom. The molecule has 4 heteroatoms. The molecular formula is C17H21N3O. The Labute approximate surface area is 125 Å². The third-order valence-corrected chi connectivity index (χ3v) is 3.45. The van der Waals surface area contributed by atoms with Crippen LogP contribution in [0.5, 0.6) is 0 Å². The fourth-order valence-electron chi connectivity index (χ4n) is 2.11. The molecule has 0 radical (unpaired) electrons. The van der Waals surface area contributed by atoms with Gasteiger partial charge in [0.05, 0.1) is 6.04 Å². The van der Waals surface area contributed by atoms with E-state index in [1.54, 1.807) is 25.1 Å². The van der Waals surface area contributed by atoms with E-state index in [9.17, 15) is 4.79 Å². The number of benzene rings is 1. The molecular weight excluding hydrogens is 262 g/mol. The Morgan fingerprint density at radius 1 is 1.33 bits per heavy atom. The predicted molar refractivity (Wildman–Crippen MR) is 84.9 cm³/mol. The number of carbonyl (C=O) groups excluding carboxylic acids is 1. The van der Waals surface area contributed by atoms with Gasteiger partial charge in [-0.05, 0) is 36.2 Å². The standard InChI is InChI=1S/C17H21N3O/c1-13(16-7-5-9-18-11-16)19-17-8-4-6-15(10-17)12-20(3)14(2)21/h4-11,13,19H,12H2,1-3H3. The predicted octanol–water partition coefficient (Wildman–Crippen LogP) is 3.23. The smallest absolute Gasteiger partial charge is 0.219 e. The summed E-state index contributed by atoms with van der Waals surface area (Å²) in [6, 6.07) is 12.3. The number of rotatable bonds is 5. The van der Waals surface area contributed by atoms with Crippen molar-refractivity contribution in [2.45, 2.75) is 26.4 Å². The van der Waals surface area contributed by atoms with Crippen molar-refractivity contribution in [1.29, 1.82) is 0 Å². The maximum atomic E-state index is 11.3. The normalized spacial score (nSPS) is 11.8. The van der Waals surface area contributed by atoms with E-state index in [0.29, 0.717) is 6.54 Å². The zero-order valence-electron chi connectivity index (χ0n) is 12.7. The van der Waals surface area contributed by atoms with Crippen LogP contribution >= 0.6 is 0 Å². The molecule has 0 bridgehead atoms. The van der Waals surface area contributed by atoms with Gasteiger partial charge in [0, 0.05) is 38.6 Å². The van der Waals surface area contributed by atoms with Gasteiger partial charge in [-0.1, -0.05) is 18.2 Å². The summed E-state index contributed by atoms with van der Waals surface area (Å²) in [5, 5.41) is 3.46. The lowest BCUT2D eigenvalue weighted by molar-refractivity contribution is -0.128. The topological polar surface area (TPSA) is 45.2 Å². The summed E-state index contributed by atoms with van der Waals surface area (Å²) in [7, 11) is 1.81. The van der Waals surface area contributed by atoms with Crippen molar-refractivity contribution in [3.8, 4) is 0 Å². The van der Waals surface area contributed by atoms with Gasteiger partial charge in [-0.2, -0.15) is 0 Å². The number of nitrogens with zero attached hydrogens (tertiary/aromatic N) is 2. The van der Waals surface area contributed by atoms with E-state index >= 15 is 0 Å². The van der Waals surface area contributed by atoms with Gasteiger partial charge in [-0.15, -0.1) is 0 Å². The highest BCUT2D eigenvalue weighted by Crippen LogP contribution is 2.19. The molecule has 1 amide bonds. The summed E-state index contributed by atoms with van der Waals surface area (Å²) in [6.45, 7) is 4.30. The number of hydrogen-bond donors (Lipinski definition) is 1. The van der Waals surface area contributed by atoms with Crippen LogP contribution in [0.25, 0.3) is 0 Å². The molecule has 0 fully saturated rings. The van der Waals surface area contributed by atoms with E-state index < -0.39 is 0 Å². The van der Waals surface area contributed by atoms with E-state index in [1.165, 1.54) is 0 Å². The van der Waals surface area contributed by atoms with E-state index in [4.69, 9.17) is 0 Å². The van der Waals surface area contributed by atoms with Gasteiger partial charge in [-0.25, -0.2) is 0 Å². The van der Waals surface area contributed by atoms with Crippen LogP contribution in [-0.2, 0) is 11.3 Å². The molecule has 4 nitrogen and oxygen atoms in total. The van der Waals surface area contributed by atoms with Crippen molar-refractivity contribution < 1.29 is 4.79 Å². The van der Waals surface area contributed by atoms with Crippen molar-refractivity contribution in [3.05, 3.63) is 59.9 Å². The van der Waals surface area contributed by atoms with Gasteiger partial charge in [0.1, 0.15) is 0 Å². The van der Waals surface area contributed by atoms with Crippen molar-refractivity contribution in [2.24, 2.45) is 0 Å². The minimum Gasteiger partial charge on any atom is -0.378 e. The van der Waals surface area contributed by atoms with Crippen LogP contribution in [0.1, 0.15) is 31.0 Å². The highest BCUT2D eigenvalue weighted by molar-refractivity contribution is 5.72. The summed E-state index contributed by atoms with van der Waals surface area (Å²) in [4.78, 5) is 17.1. The Morgan fingerprint density at radius 3 is 2.81 bits per heavy atom. The number of hydrogen-bond acceptors (Lipinski definition) is 3. The first-order valence-corrected chi connectivity index (χ1v) is 7.03. The first-order valence-electron chi connectivity index (χ1n) is 7.03. The fourth-order valence-corrected chi connectivity index (χ4v) is 2.11. The lowest BCUT2D eigenvalue weighted by atomic mass is 10.1. The van der Waals surface area contributed by atoms with Crippen LogP contribution in [0.4, 0.5) is 5.69 Å². The minimum absolute atomic E-state index is 0.0668. The summed E-state index contributed by atoms with van der Waals surface area (Å²) in [5.41, 5.74) is 3.29. The molecule has 0 saturated heterocycles. The molecule has 110 valence electrons. The Hall–Kier alpha value is -2.36. The summed E-state index contributed by atoms with van der Waals surface area (Å²) >= 11 is 0. The monoisotopic (exact) mass is 283 g/mol. The zero-order valence-corrected chi connectivity index (χ0v) is 12.7. The summed E-state index contributed by atoms with van der Waals surface area (Å²) < 4.78 is 0. The molecule has 0 saturated carbocycles. The van der Waals surface area contributed by atoms with Gasteiger partial charge in [0.15, 0.2) is 0 Å². The lowest BCUT2D eigenvalue weighted by Crippen LogP contribution is -2.23. The fraction of sp³-hybridized carbons (Fsp3) is 0.294. The average Bonchev–Trinajstić information content (AvgIpc) is 2.48. The Balaban J connectivity index is 2.06. The third-order valence-electron chi connectivity index (χ3n) is 3.45. The second-order valence-electron chi connectivity index (χ2n) is 5.23. The maximum Gasteiger partial charge on any atom is 0.219 e. The molecule has 2 rings (SSSR count). The highest BCUT2D eigenvalue weighted by Gasteiger charge is 2.07. The SMILES string of the molecule is CC(=O)N(C)Cc1cccc(NC(C)c2cccnc2)c1. The van der Waals surface area contributed by atoms with Crippen molar-refractivity contribution in [3.63, 3.8) is 0 Å². The zero-order chi connectivity index (χ0) is 15.2. The summed E-state index contributed by atoms with van der Waals surface area (Å²) in [5.74, 6) is 0.0668. The van der Waals surface area contributed by atoms with Crippen LogP contribution < -0.4 is 5.32 Å². The van der Waals surface area contributed by atoms with Gasteiger partial charge < -0.3 is 10.2 Å². The van der Waals surface area contributed by atoms with Crippen LogP contribution in [-0.4, -0.2) is 22.8 Å². The lowest BCUT2D eigenvalue weighted by Gasteiger charge is -2.18. The molecule has 0 aliphatic heterocycles. The van der Waals surface area contributed by atoms with Gasteiger partial charge in [-0.3, -0.25) is 9.78 Å². The quantitative estimate of drug-likeness (QED) is 0.916. The summed E-state index contributed by atoms with van der Waals surface area (Å²) in [6.07, 6.45) is 3.64. The van der Waals surface area contributed by atoms with Crippen LogP contribution in [0.2, 0.25) is 0 Å². The van der Waals surface area contributed by atoms with Crippen LogP contribution in [0, 0.1) is 0 Å². The molecule has 1 unspecified atom stereocenters. The number of carbonyl (C=O) groups is 1. The molecule has 1 aromatic heterocycles. The number of pyridine rings is 1. The largest absolute Gasteiger partial charge is 0.378 e. The molecule has 1 heterocycles. The molecule has 1 aromatic carbocycles. The maximum absolute atomic E-state index is 11.3. The average molecular weight is 283 g/mol. The number of aromatic nitrogens is 1. The van der Waals surface area contributed by atoms with Gasteiger partial charge in [0.25, 0.3) is 0 Å². The molecule has 0 aliphatic carbocycles. The number of anilines is 1. The Bertz CT molecular complexity index is 598. The van der Waals surface area contributed by atoms with E-state index in [2.05, 4.69) is 29.4 Å². The first kappa shape index (κ1) is 15.0. The molecule has 0 spiro atoms. The van der Waals surface area contributed by atoms with E-state index in [-0.39, 0.29) is 11.9 Å². The minimum atomic E-state index is 0.0668. The van der Waals surface area contributed by atoms with Crippen molar-refractivity contribution in [1.82, 2.24) is 9.88 Å². The van der Waals surface area contributed by atoms with Crippen molar-refractivity contribution in [2.75, 3.05) is 12.4 Å². The second-order valence-corrected chi connectivity index (χ2v) is 5.23. The number of nitrogens with one attached hydrogen (secondary N) is 1.